The Balaban J connectivity index is 1.57. The van der Waals surface area contributed by atoms with E-state index in [1.807, 2.05) is 36.4 Å². The first-order valence-corrected chi connectivity index (χ1v) is 12.5. The van der Waals surface area contributed by atoms with Crippen LogP contribution in [0, 0.1) is 0 Å². The molecule has 1 unspecified atom stereocenters. The zero-order valence-corrected chi connectivity index (χ0v) is 21.1. The summed E-state index contributed by atoms with van der Waals surface area (Å²) in [7, 11) is 0. The summed E-state index contributed by atoms with van der Waals surface area (Å²) in [6.45, 7) is 0. The van der Waals surface area contributed by atoms with Crippen molar-refractivity contribution < 1.29 is 4.74 Å². The zero-order valence-electron chi connectivity index (χ0n) is 18.0. The van der Waals surface area contributed by atoms with Crippen LogP contribution in [0.25, 0.3) is 21.5 Å². The van der Waals surface area contributed by atoms with Crippen molar-refractivity contribution in [2.45, 2.75) is 6.17 Å². The normalized spacial score (nSPS) is 15.6. The van der Waals surface area contributed by atoms with Crippen molar-refractivity contribution in [1.29, 1.82) is 0 Å². The summed E-state index contributed by atoms with van der Waals surface area (Å²) < 4.78 is 8.29. The standard InChI is InChI=1S/C29H18Br2N2O/c30-21-15-20(16-22(31)17-21)28-32-27(25-13-5-9-18-7-1-3-11-23(18)25)33-29(34-28)26-14-6-10-19-8-2-4-12-24(19)26/h1-17,27H. The van der Waals surface area contributed by atoms with E-state index < -0.39 is 6.17 Å². The lowest BCUT2D eigenvalue weighted by Gasteiger charge is -2.22. The molecule has 0 amide bonds. The summed E-state index contributed by atoms with van der Waals surface area (Å²) in [4.78, 5) is 10.0. The number of ether oxygens (including phenoxy) is 1. The van der Waals surface area contributed by atoms with Gasteiger partial charge in [-0.15, -0.1) is 0 Å². The molecule has 0 saturated carbocycles. The van der Waals surface area contributed by atoms with Gasteiger partial charge in [0.15, 0.2) is 6.17 Å². The molecule has 0 aromatic heterocycles. The van der Waals surface area contributed by atoms with Gasteiger partial charge in [-0.2, -0.15) is 0 Å². The highest BCUT2D eigenvalue weighted by atomic mass is 79.9. The van der Waals surface area contributed by atoms with E-state index in [4.69, 9.17) is 14.7 Å². The van der Waals surface area contributed by atoms with Gasteiger partial charge in [0.1, 0.15) is 0 Å². The van der Waals surface area contributed by atoms with Crippen LogP contribution in [0.4, 0.5) is 0 Å². The van der Waals surface area contributed by atoms with Crippen LogP contribution in [0.3, 0.4) is 0 Å². The summed E-state index contributed by atoms with van der Waals surface area (Å²) in [6, 6.07) is 35.1. The number of hydrogen-bond donors (Lipinski definition) is 0. The van der Waals surface area contributed by atoms with Crippen molar-refractivity contribution in [3.05, 3.63) is 129 Å². The summed E-state index contributed by atoms with van der Waals surface area (Å²) >= 11 is 7.19. The maximum absolute atomic E-state index is 6.40. The predicted octanol–water partition coefficient (Wildman–Crippen LogP) is 8.44. The molecule has 0 bridgehead atoms. The lowest BCUT2D eigenvalue weighted by molar-refractivity contribution is 0.503. The lowest BCUT2D eigenvalue weighted by Crippen LogP contribution is -2.22. The van der Waals surface area contributed by atoms with Crippen molar-refractivity contribution in [3.8, 4) is 0 Å². The monoisotopic (exact) mass is 568 g/mol. The maximum Gasteiger partial charge on any atom is 0.227 e. The van der Waals surface area contributed by atoms with E-state index in [9.17, 15) is 0 Å². The first-order chi connectivity index (χ1) is 16.7. The molecule has 164 valence electrons. The van der Waals surface area contributed by atoms with Gasteiger partial charge in [0.05, 0.1) is 0 Å². The van der Waals surface area contributed by atoms with E-state index >= 15 is 0 Å². The average molecular weight is 570 g/mol. The molecule has 0 saturated heterocycles. The molecule has 0 fully saturated rings. The van der Waals surface area contributed by atoms with E-state index in [0.29, 0.717) is 11.8 Å². The Morgan fingerprint density at radius 1 is 0.588 bits per heavy atom. The molecule has 0 spiro atoms. The fourth-order valence-electron chi connectivity index (χ4n) is 4.36. The number of nitrogens with zero attached hydrogens (tertiary/aromatic N) is 2. The van der Waals surface area contributed by atoms with E-state index in [-0.39, 0.29) is 0 Å². The molecule has 1 atom stereocenters. The molecule has 34 heavy (non-hydrogen) atoms. The van der Waals surface area contributed by atoms with Gasteiger partial charge in [-0.3, -0.25) is 0 Å². The van der Waals surface area contributed by atoms with Crippen LogP contribution >= 0.6 is 31.9 Å². The van der Waals surface area contributed by atoms with E-state index in [1.165, 1.54) is 0 Å². The Morgan fingerprint density at radius 3 is 1.94 bits per heavy atom. The summed E-state index contributed by atoms with van der Waals surface area (Å²) in [5, 5.41) is 4.53. The minimum Gasteiger partial charge on any atom is -0.420 e. The van der Waals surface area contributed by atoms with Crippen LogP contribution in [-0.2, 0) is 4.74 Å². The van der Waals surface area contributed by atoms with E-state index in [1.54, 1.807) is 0 Å². The molecule has 5 aromatic carbocycles. The fraction of sp³-hybridized carbons (Fsp3) is 0.0345. The molecule has 5 heteroatoms. The van der Waals surface area contributed by atoms with Crippen molar-refractivity contribution in [1.82, 2.24) is 0 Å². The van der Waals surface area contributed by atoms with Crippen molar-refractivity contribution >= 4 is 65.2 Å². The highest BCUT2D eigenvalue weighted by Crippen LogP contribution is 2.33. The Bertz CT molecular complexity index is 1590. The van der Waals surface area contributed by atoms with Crippen LogP contribution in [0.15, 0.2) is 122 Å². The number of aliphatic imine (C=N–C) groups is 2. The average Bonchev–Trinajstić information content (AvgIpc) is 2.87. The highest BCUT2D eigenvalue weighted by molar-refractivity contribution is 9.11. The van der Waals surface area contributed by atoms with Crippen LogP contribution in [0.1, 0.15) is 22.9 Å². The van der Waals surface area contributed by atoms with Gasteiger partial charge >= 0.3 is 0 Å². The Labute approximate surface area is 214 Å². The van der Waals surface area contributed by atoms with Crippen LogP contribution < -0.4 is 0 Å². The molecule has 0 N–H and O–H groups in total. The minimum absolute atomic E-state index is 0.429. The van der Waals surface area contributed by atoms with Gasteiger partial charge in [-0.1, -0.05) is 111 Å². The predicted molar refractivity (Wildman–Crippen MR) is 147 cm³/mol. The number of halogens is 2. The van der Waals surface area contributed by atoms with E-state index in [2.05, 4.69) is 98.6 Å². The van der Waals surface area contributed by atoms with Gasteiger partial charge < -0.3 is 4.74 Å². The third-order valence-corrected chi connectivity index (χ3v) is 6.82. The molecular weight excluding hydrogens is 552 g/mol. The fourth-order valence-corrected chi connectivity index (χ4v) is 5.65. The smallest absolute Gasteiger partial charge is 0.227 e. The number of fused-ring (bicyclic) bond motifs is 2. The van der Waals surface area contributed by atoms with Gasteiger partial charge in [0, 0.05) is 25.6 Å². The second-order valence-corrected chi connectivity index (χ2v) is 9.93. The Kier molecular flexibility index (Phi) is 5.52. The van der Waals surface area contributed by atoms with Crippen molar-refractivity contribution in [2.75, 3.05) is 0 Å². The third-order valence-electron chi connectivity index (χ3n) is 5.90. The quantitative estimate of drug-likeness (QED) is 0.214. The van der Waals surface area contributed by atoms with Gasteiger partial charge in [-0.25, -0.2) is 9.98 Å². The molecule has 6 rings (SSSR count). The first kappa shape index (κ1) is 21.3. The number of hydrogen-bond acceptors (Lipinski definition) is 3. The molecule has 0 aliphatic carbocycles. The SMILES string of the molecule is Brc1cc(Br)cc(C2=NC(c3cccc4ccccc34)N=C(c3cccc4ccccc34)O2)c1. The minimum atomic E-state index is -0.429. The number of rotatable bonds is 3. The third kappa shape index (κ3) is 3.95. The largest absolute Gasteiger partial charge is 0.420 e. The van der Waals surface area contributed by atoms with Crippen molar-refractivity contribution in [3.63, 3.8) is 0 Å². The topological polar surface area (TPSA) is 34.0 Å². The molecule has 0 radical (unpaired) electrons. The zero-order chi connectivity index (χ0) is 23.1. The first-order valence-electron chi connectivity index (χ1n) is 10.9. The highest BCUT2D eigenvalue weighted by Gasteiger charge is 2.25. The van der Waals surface area contributed by atoms with Gasteiger partial charge in [0.25, 0.3) is 0 Å². The Hall–Kier alpha value is -3.28. The summed E-state index contributed by atoms with van der Waals surface area (Å²) in [5.74, 6) is 1.11. The maximum atomic E-state index is 6.40. The van der Waals surface area contributed by atoms with Gasteiger partial charge in [0.2, 0.25) is 11.8 Å². The summed E-state index contributed by atoms with van der Waals surface area (Å²) in [5.41, 5.74) is 2.87. The molecule has 3 nitrogen and oxygen atoms in total. The van der Waals surface area contributed by atoms with Gasteiger partial charge in [-0.05, 0) is 45.8 Å². The molecule has 1 aliphatic heterocycles. The number of benzene rings is 5. The van der Waals surface area contributed by atoms with Crippen LogP contribution in [-0.4, -0.2) is 11.8 Å². The van der Waals surface area contributed by atoms with Crippen molar-refractivity contribution in [2.24, 2.45) is 9.98 Å². The molecule has 1 heterocycles. The second-order valence-electron chi connectivity index (χ2n) is 8.10. The van der Waals surface area contributed by atoms with Crippen LogP contribution in [0.2, 0.25) is 0 Å². The second kappa shape index (κ2) is 8.82. The molecule has 1 aliphatic rings. The summed E-state index contributed by atoms with van der Waals surface area (Å²) in [6.07, 6.45) is -0.429. The van der Waals surface area contributed by atoms with Crippen LogP contribution in [0.5, 0.6) is 0 Å². The lowest BCUT2D eigenvalue weighted by atomic mass is 10.0. The molecular formula is C29H18Br2N2O. The van der Waals surface area contributed by atoms with E-state index in [0.717, 1.165) is 47.2 Å². The molecule has 5 aromatic rings. The Morgan fingerprint density at radius 2 is 1.18 bits per heavy atom.